The van der Waals surface area contributed by atoms with Crippen molar-refractivity contribution in [2.45, 2.75) is 39.8 Å². The summed E-state index contributed by atoms with van der Waals surface area (Å²) in [4.78, 5) is 0. The Morgan fingerprint density at radius 1 is 1.35 bits per heavy atom. The first-order valence-electron chi connectivity index (χ1n) is 6.13. The molecule has 0 fully saturated rings. The van der Waals surface area contributed by atoms with Gasteiger partial charge in [-0.25, -0.2) is 0 Å². The molecular formula is C14H22BrNO. The van der Waals surface area contributed by atoms with Crippen LogP contribution in [0.5, 0.6) is 0 Å². The summed E-state index contributed by atoms with van der Waals surface area (Å²) in [5.74, 6) is 0.506. The van der Waals surface area contributed by atoms with Crippen molar-refractivity contribution in [1.82, 2.24) is 5.32 Å². The van der Waals surface area contributed by atoms with E-state index in [0.717, 1.165) is 24.0 Å². The Kier molecular flexibility index (Phi) is 6.17. The average Bonchev–Trinajstić information content (AvgIpc) is 2.22. The number of aliphatic hydroxyl groups excluding tert-OH is 1. The number of aliphatic hydroxyl groups is 1. The summed E-state index contributed by atoms with van der Waals surface area (Å²) in [6.07, 6.45) is 0.647. The molecule has 1 aromatic rings. The normalized spacial score (nSPS) is 14.6. The lowest BCUT2D eigenvalue weighted by molar-refractivity contribution is 0.163. The van der Waals surface area contributed by atoms with Gasteiger partial charge in [-0.05, 0) is 49.9 Å². The Morgan fingerprint density at radius 3 is 2.65 bits per heavy atom. The largest absolute Gasteiger partial charge is 0.393 e. The highest BCUT2D eigenvalue weighted by molar-refractivity contribution is 9.10. The van der Waals surface area contributed by atoms with Gasteiger partial charge in [-0.15, -0.1) is 0 Å². The van der Waals surface area contributed by atoms with E-state index < -0.39 is 0 Å². The molecule has 0 heterocycles. The van der Waals surface area contributed by atoms with E-state index in [9.17, 15) is 5.11 Å². The summed E-state index contributed by atoms with van der Waals surface area (Å²) < 4.78 is 1.16. The fraction of sp³-hybridized carbons (Fsp3) is 0.571. The third kappa shape index (κ3) is 5.66. The molecule has 0 spiro atoms. The van der Waals surface area contributed by atoms with E-state index in [4.69, 9.17) is 0 Å². The van der Waals surface area contributed by atoms with Gasteiger partial charge in [0.15, 0.2) is 0 Å². The van der Waals surface area contributed by atoms with Crippen LogP contribution in [-0.4, -0.2) is 17.8 Å². The zero-order chi connectivity index (χ0) is 12.8. The number of benzene rings is 1. The van der Waals surface area contributed by atoms with Crippen LogP contribution in [0.4, 0.5) is 0 Å². The van der Waals surface area contributed by atoms with E-state index in [1.807, 2.05) is 6.92 Å². The van der Waals surface area contributed by atoms with Crippen molar-refractivity contribution >= 4 is 15.9 Å². The van der Waals surface area contributed by atoms with Crippen molar-refractivity contribution in [3.63, 3.8) is 0 Å². The molecule has 0 bridgehead atoms. The van der Waals surface area contributed by atoms with Gasteiger partial charge in [0.05, 0.1) is 6.10 Å². The molecule has 2 atom stereocenters. The topological polar surface area (TPSA) is 32.3 Å². The lowest BCUT2D eigenvalue weighted by Gasteiger charge is -2.14. The second kappa shape index (κ2) is 7.14. The molecule has 0 aliphatic carbocycles. The molecule has 0 aliphatic rings. The van der Waals surface area contributed by atoms with Crippen LogP contribution in [0.25, 0.3) is 0 Å². The highest BCUT2D eigenvalue weighted by atomic mass is 79.9. The molecule has 0 aliphatic heterocycles. The van der Waals surface area contributed by atoms with Gasteiger partial charge in [0.1, 0.15) is 0 Å². The molecule has 3 heteroatoms. The molecule has 2 N–H and O–H groups in total. The van der Waals surface area contributed by atoms with Gasteiger partial charge in [-0.1, -0.05) is 35.0 Å². The van der Waals surface area contributed by atoms with Gasteiger partial charge in [-0.3, -0.25) is 0 Å². The number of halogens is 1. The van der Waals surface area contributed by atoms with Crippen LogP contribution in [-0.2, 0) is 6.54 Å². The van der Waals surface area contributed by atoms with Gasteiger partial charge >= 0.3 is 0 Å². The lowest BCUT2D eigenvalue weighted by Crippen LogP contribution is -2.23. The van der Waals surface area contributed by atoms with Gasteiger partial charge < -0.3 is 10.4 Å². The first kappa shape index (κ1) is 14.7. The summed E-state index contributed by atoms with van der Waals surface area (Å²) in [6.45, 7) is 7.93. The molecular weight excluding hydrogens is 278 g/mol. The number of nitrogens with one attached hydrogen (secondary N) is 1. The average molecular weight is 300 g/mol. The van der Waals surface area contributed by atoms with Crippen molar-refractivity contribution in [3.05, 3.63) is 33.8 Å². The van der Waals surface area contributed by atoms with E-state index >= 15 is 0 Å². The Morgan fingerprint density at radius 2 is 2.06 bits per heavy atom. The predicted molar refractivity (Wildman–Crippen MR) is 76.0 cm³/mol. The van der Waals surface area contributed by atoms with Gasteiger partial charge in [0, 0.05) is 11.0 Å². The molecule has 1 aromatic carbocycles. The second-order valence-corrected chi connectivity index (χ2v) is 5.76. The van der Waals surface area contributed by atoms with Crippen LogP contribution < -0.4 is 5.32 Å². The smallest absolute Gasteiger partial charge is 0.0515 e. The minimum atomic E-state index is -0.207. The first-order valence-corrected chi connectivity index (χ1v) is 6.92. The summed E-state index contributed by atoms with van der Waals surface area (Å²) in [6, 6.07) is 6.41. The Bertz CT molecular complexity index is 352. The maximum absolute atomic E-state index is 9.27. The van der Waals surface area contributed by atoms with Crippen molar-refractivity contribution in [1.29, 1.82) is 0 Å². The van der Waals surface area contributed by atoms with Crippen LogP contribution >= 0.6 is 15.9 Å². The number of hydrogen-bond acceptors (Lipinski definition) is 2. The molecule has 17 heavy (non-hydrogen) atoms. The van der Waals surface area contributed by atoms with Gasteiger partial charge in [-0.2, -0.15) is 0 Å². The summed E-state index contributed by atoms with van der Waals surface area (Å²) in [5, 5.41) is 12.7. The Labute approximate surface area is 113 Å². The highest BCUT2D eigenvalue weighted by Gasteiger charge is 2.05. The SMILES string of the molecule is Cc1cc(CNCC(C)CC(C)O)ccc1Br. The molecule has 2 nitrogen and oxygen atoms in total. The zero-order valence-corrected chi connectivity index (χ0v) is 12.4. The van der Waals surface area contributed by atoms with Crippen molar-refractivity contribution in [2.24, 2.45) is 5.92 Å². The maximum Gasteiger partial charge on any atom is 0.0515 e. The zero-order valence-electron chi connectivity index (χ0n) is 10.8. The quantitative estimate of drug-likeness (QED) is 0.845. The molecule has 96 valence electrons. The van der Waals surface area contributed by atoms with Crippen LogP contribution in [0.1, 0.15) is 31.4 Å². The molecule has 0 radical (unpaired) electrons. The Hall–Kier alpha value is -0.380. The monoisotopic (exact) mass is 299 g/mol. The van der Waals surface area contributed by atoms with E-state index in [0.29, 0.717) is 5.92 Å². The predicted octanol–water partition coefficient (Wildman–Crippen LogP) is 3.25. The van der Waals surface area contributed by atoms with Gasteiger partial charge in [0.25, 0.3) is 0 Å². The van der Waals surface area contributed by atoms with Crippen LogP contribution in [0.3, 0.4) is 0 Å². The van der Waals surface area contributed by atoms with Crippen molar-refractivity contribution < 1.29 is 5.11 Å². The summed E-state index contributed by atoms with van der Waals surface area (Å²) in [7, 11) is 0. The van der Waals surface area contributed by atoms with E-state index in [1.165, 1.54) is 11.1 Å². The minimum Gasteiger partial charge on any atom is -0.393 e. The van der Waals surface area contributed by atoms with E-state index in [-0.39, 0.29) is 6.10 Å². The third-order valence-electron chi connectivity index (χ3n) is 2.79. The number of hydrogen-bond donors (Lipinski definition) is 2. The lowest BCUT2D eigenvalue weighted by atomic mass is 10.0. The molecule has 0 aromatic heterocycles. The number of rotatable bonds is 6. The number of aryl methyl sites for hydroxylation is 1. The fourth-order valence-corrected chi connectivity index (χ4v) is 2.19. The molecule has 1 rings (SSSR count). The van der Waals surface area contributed by atoms with E-state index in [1.54, 1.807) is 0 Å². The highest BCUT2D eigenvalue weighted by Crippen LogP contribution is 2.17. The first-order chi connectivity index (χ1) is 7.99. The van der Waals surface area contributed by atoms with Crippen LogP contribution in [0, 0.1) is 12.8 Å². The Balaban J connectivity index is 2.33. The van der Waals surface area contributed by atoms with Crippen LogP contribution in [0.2, 0.25) is 0 Å². The standard InChI is InChI=1S/C14H22BrNO/c1-10(6-12(3)17)8-16-9-13-4-5-14(15)11(2)7-13/h4-5,7,10,12,16-17H,6,8-9H2,1-3H3. The fourth-order valence-electron chi connectivity index (χ4n) is 1.95. The van der Waals surface area contributed by atoms with E-state index in [2.05, 4.69) is 53.3 Å². The maximum atomic E-state index is 9.27. The molecule has 2 unspecified atom stereocenters. The van der Waals surface area contributed by atoms with Gasteiger partial charge in [0.2, 0.25) is 0 Å². The molecule has 0 saturated heterocycles. The van der Waals surface area contributed by atoms with Crippen molar-refractivity contribution in [2.75, 3.05) is 6.54 Å². The summed E-state index contributed by atoms with van der Waals surface area (Å²) in [5.41, 5.74) is 2.57. The molecule has 0 saturated carbocycles. The summed E-state index contributed by atoms with van der Waals surface area (Å²) >= 11 is 3.50. The van der Waals surface area contributed by atoms with Crippen molar-refractivity contribution in [3.8, 4) is 0 Å². The third-order valence-corrected chi connectivity index (χ3v) is 3.68. The minimum absolute atomic E-state index is 0.207. The van der Waals surface area contributed by atoms with Crippen LogP contribution in [0.15, 0.2) is 22.7 Å². The molecule has 0 amide bonds. The second-order valence-electron chi connectivity index (χ2n) is 4.90.